The van der Waals surface area contributed by atoms with Crippen molar-refractivity contribution in [3.8, 4) is 0 Å². The number of nitrogens with zero attached hydrogens (tertiary/aromatic N) is 1. The molecule has 0 radical (unpaired) electrons. The Kier molecular flexibility index (Phi) is 3.95. The summed E-state index contributed by atoms with van der Waals surface area (Å²) in [7, 11) is 0. The summed E-state index contributed by atoms with van der Waals surface area (Å²) in [5.74, 6) is -0.227. The Morgan fingerprint density at radius 3 is 2.52 bits per heavy atom. The fourth-order valence-electron chi connectivity index (χ4n) is 3.87. The van der Waals surface area contributed by atoms with Crippen LogP contribution in [0.3, 0.4) is 0 Å². The maximum absolute atomic E-state index is 12.2. The largest absolute Gasteiger partial charge is 0.455 e. The Bertz CT molecular complexity index is 1200. The third-order valence-electron chi connectivity index (χ3n) is 5.01. The Balaban J connectivity index is 1.88. The number of para-hydroxylation sites is 1. The van der Waals surface area contributed by atoms with Gasteiger partial charge in [-0.15, -0.1) is 0 Å². The van der Waals surface area contributed by atoms with Gasteiger partial charge in [-0.1, -0.05) is 18.2 Å². The zero-order valence-corrected chi connectivity index (χ0v) is 16.5. The molecule has 2 aromatic carbocycles. The molecule has 0 amide bonds. The molecule has 0 aliphatic heterocycles. The molecule has 138 valence electrons. The second-order valence-corrected chi connectivity index (χ2v) is 8.20. The Morgan fingerprint density at radius 1 is 1.04 bits per heavy atom. The van der Waals surface area contributed by atoms with E-state index in [-0.39, 0.29) is 12.5 Å². The van der Waals surface area contributed by atoms with E-state index in [0.717, 1.165) is 10.9 Å². The number of rotatable bonds is 2. The molecule has 0 spiro atoms. The van der Waals surface area contributed by atoms with Crippen molar-refractivity contribution >= 4 is 38.5 Å². The number of hydrogen-bond donors (Lipinski definition) is 1. The summed E-state index contributed by atoms with van der Waals surface area (Å²) < 4.78 is 7.36. The van der Waals surface area contributed by atoms with Crippen LogP contribution in [-0.4, -0.2) is 16.6 Å². The zero-order valence-electron chi connectivity index (χ0n) is 16.5. The van der Waals surface area contributed by atoms with Gasteiger partial charge in [-0.05, 0) is 57.2 Å². The maximum Gasteiger partial charge on any atom is 0.373 e. The maximum atomic E-state index is 12.2. The fourth-order valence-corrected chi connectivity index (χ4v) is 3.87. The van der Waals surface area contributed by atoms with E-state index in [9.17, 15) is 4.79 Å². The lowest BCUT2D eigenvalue weighted by molar-refractivity contribution is -0.684. The van der Waals surface area contributed by atoms with Crippen molar-refractivity contribution in [2.45, 2.75) is 46.8 Å². The molecule has 0 bridgehead atoms. The van der Waals surface area contributed by atoms with Crippen LogP contribution in [0.25, 0.3) is 32.6 Å². The third-order valence-corrected chi connectivity index (χ3v) is 5.01. The lowest BCUT2D eigenvalue weighted by Crippen LogP contribution is -2.40. The first-order chi connectivity index (χ1) is 12.7. The van der Waals surface area contributed by atoms with Gasteiger partial charge >= 0.3 is 5.97 Å². The number of hydrogen-bond acceptors (Lipinski definition) is 2. The number of ether oxygens (including phenoxy) is 1. The minimum absolute atomic E-state index is 0.206. The van der Waals surface area contributed by atoms with E-state index in [0.29, 0.717) is 0 Å². The van der Waals surface area contributed by atoms with Crippen molar-refractivity contribution < 1.29 is 14.1 Å². The summed E-state index contributed by atoms with van der Waals surface area (Å²) in [6.45, 7) is 10.2. The van der Waals surface area contributed by atoms with E-state index in [1.807, 2.05) is 31.5 Å². The van der Waals surface area contributed by atoms with Crippen molar-refractivity contribution in [1.29, 1.82) is 0 Å². The molecule has 0 atom stereocenters. The van der Waals surface area contributed by atoms with Crippen LogP contribution in [0.15, 0.2) is 42.7 Å². The van der Waals surface area contributed by atoms with Gasteiger partial charge in [0.2, 0.25) is 6.54 Å². The first-order valence-electron chi connectivity index (χ1n) is 9.29. The molecule has 0 aliphatic carbocycles. The van der Waals surface area contributed by atoms with Crippen molar-refractivity contribution in [1.82, 2.24) is 4.98 Å². The summed E-state index contributed by atoms with van der Waals surface area (Å²) in [6.07, 6.45) is 4.01. The van der Waals surface area contributed by atoms with Crippen LogP contribution in [0, 0.1) is 13.8 Å². The summed E-state index contributed by atoms with van der Waals surface area (Å²) in [5.41, 5.74) is 4.31. The zero-order chi connectivity index (χ0) is 19.3. The first-order valence-corrected chi connectivity index (χ1v) is 9.29. The second-order valence-electron chi connectivity index (χ2n) is 8.20. The number of pyridine rings is 1. The van der Waals surface area contributed by atoms with Crippen molar-refractivity contribution in [2.24, 2.45) is 0 Å². The normalized spacial score (nSPS) is 12.2. The van der Waals surface area contributed by atoms with Gasteiger partial charge in [-0.3, -0.25) is 0 Å². The van der Waals surface area contributed by atoms with E-state index in [1.54, 1.807) is 0 Å². The first kappa shape index (κ1) is 17.5. The molecule has 0 fully saturated rings. The molecule has 4 nitrogen and oxygen atoms in total. The number of H-pyrrole nitrogens is 1. The molecule has 0 unspecified atom stereocenters. The molecule has 1 N–H and O–H groups in total. The number of nitrogens with one attached hydrogen (secondary N) is 1. The van der Waals surface area contributed by atoms with E-state index < -0.39 is 5.60 Å². The summed E-state index contributed by atoms with van der Waals surface area (Å²) in [4.78, 5) is 15.8. The lowest BCUT2D eigenvalue weighted by atomic mass is 9.97. The third kappa shape index (κ3) is 3.05. The van der Waals surface area contributed by atoms with Crippen molar-refractivity contribution in [2.75, 3.05) is 0 Å². The highest BCUT2D eigenvalue weighted by atomic mass is 16.6. The van der Waals surface area contributed by atoms with Gasteiger partial charge in [0.15, 0.2) is 12.4 Å². The predicted molar refractivity (Wildman–Crippen MR) is 109 cm³/mol. The van der Waals surface area contributed by atoms with Gasteiger partial charge in [-0.2, -0.15) is 4.57 Å². The molecule has 0 saturated heterocycles. The van der Waals surface area contributed by atoms with Crippen LogP contribution in [0.1, 0.15) is 31.9 Å². The average Bonchev–Trinajstić information content (AvgIpc) is 2.98. The molecule has 0 aliphatic rings. The molecular formula is C23H25N2O2+. The van der Waals surface area contributed by atoms with Crippen molar-refractivity contribution in [3.05, 3.63) is 53.9 Å². The van der Waals surface area contributed by atoms with Crippen LogP contribution in [0.4, 0.5) is 0 Å². The highest BCUT2D eigenvalue weighted by Crippen LogP contribution is 2.35. The quantitative estimate of drug-likeness (QED) is 0.415. The number of carbonyl (C=O) groups excluding carboxylic acids is 1. The van der Waals surface area contributed by atoms with Gasteiger partial charge in [0.25, 0.3) is 0 Å². The number of aromatic amines is 1. The lowest BCUT2D eigenvalue weighted by Gasteiger charge is -2.18. The van der Waals surface area contributed by atoms with Crippen molar-refractivity contribution in [3.63, 3.8) is 0 Å². The van der Waals surface area contributed by atoms with E-state index in [1.165, 1.54) is 32.8 Å². The minimum Gasteiger partial charge on any atom is -0.455 e. The molecule has 27 heavy (non-hydrogen) atoms. The smallest absolute Gasteiger partial charge is 0.373 e. The van der Waals surface area contributed by atoms with Crippen LogP contribution in [0.5, 0.6) is 0 Å². The molecule has 2 heterocycles. The van der Waals surface area contributed by atoms with Crippen LogP contribution < -0.4 is 4.57 Å². The number of aryl methyl sites for hydroxylation is 2. The molecule has 0 saturated carbocycles. The highest BCUT2D eigenvalue weighted by molar-refractivity contribution is 6.16. The average molecular weight is 361 g/mol. The number of aromatic nitrogens is 2. The molecular weight excluding hydrogens is 336 g/mol. The van der Waals surface area contributed by atoms with Gasteiger partial charge in [0.1, 0.15) is 5.60 Å². The van der Waals surface area contributed by atoms with E-state index >= 15 is 0 Å². The molecule has 4 rings (SSSR count). The van der Waals surface area contributed by atoms with Crippen LogP contribution >= 0.6 is 0 Å². The molecule has 2 aromatic heterocycles. The minimum atomic E-state index is -0.475. The highest BCUT2D eigenvalue weighted by Gasteiger charge is 2.21. The van der Waals surface area contributed by atoms with Gasteiger partial charge in [-0.25, -0.2) is 4.79 Å². The van der Waals surface area contributed by atoms with Gasteiger partial charge < -0.3 is 9.72 Å². The summed E-state index contributed by atoms with van der Waals surface area (Å²) in [5, 5.41) is 4.85. The van der Waals surface area contributed by atoms with E-state index in [2.05, 4.69) is 55.4 Å². The Labute approximate surface area is 158 Å². The summed E-state index contributed by atoms with van der Waals surface area (Å²) in [6, 6.07) is 10.5. The second kappa shape index (κ2) is 6.08. The number of benzene rings is 2. The van der Waals surface area contributed by atoms with Crippen LogP contribution in [0.2, 0.25) is 0 Å². The monoisotopic (exact) mass is 361 g/mol. The van der Waals surface area contributed by atoms with Gasteiger partial charge in [0.05, 0.1) is 5.52 Å². The SMILES string of the molecule is Cc1c2cc[n+](CC(=O)OC(C)(C)C)cc2c(C)c2c1[nH]c1ccccc12. The molecule has 4 aromatic rings. The predicted octanol–water partition coefficient (Wildman–Crippen LogP) is 4.72. The van der Waals surface area contributed by atoms with Crippen LogP contribution in [-0.2, 0) is 16.1 Å². The molecule has 4 heteroatoms. The number of fused-ring (bicyclic) bond motifs is 4. The van der Waals surface area contributed by atoms with E-state index in [4.69, 9.17) is 4.74 Å². The number of carbonyl (C=O) groups is 1. The van der Waals surface area contributed by atoms with Gasteiger partial charge in [0, 0.05) is 27.7 Å². The fraction of sp³-hybridized carbons (Fsp3) is 0.304. The topological polar surface area (TPSA) is 46.0 Å². The number of esters is 1. The standard InChI is InChI=1S/C23H24N2O2/c1-14-18-12-25(13-20(26)27-23(3,4)5)11-10-16(18)15(2)22-21(14)17-8-6-7-9-19(17)24-22/h6-12H,13H2,1-5H3/p+1. The Hall–Kier alpha value is -2.88. The summed E-state index contributed by atoms with van der Waals surface area (Å²) >= 11 is 0. The Morgan fingerprint density at radius 2 is 1.78 bits per heavy atom.